The number of methoxy groups -OCH3 is 2. The summed E-state index contributed by atoms with van der Waals surface area (Å²) in [5.74, 6) is 0.491. The predicted molar refractivity (Wildman–Crippen MR) is 101 cm³/mol. The standard InChI is InChI=1S/C20H24N2O4/c1-24-19-6-4-3-5-15(19)14-21-16-7-8-18(17(13-16)20(23)25-2)22-9-11-26-12-10-22/h3-8,13,21H,9-12,14H2,1-2H3. The van der Waals surface area contributed by atoms with Gasteiger partial charge < -0.3 is 24.4 Å². The van der Waals surface area contributed by atoms with Crippen LogP contribution < -0.4 is 15.0 Å². The first-order valence-electron chi connectivity index (χ1n) is 8.63. The molecular formula is C20H24N2O4. The molecular weight excluding hydrogens is 332 g/mol. The fourth-order valence-electron chi connectivity index (χ4n) is 3.05. The average molecular weight is 356 g/mol. The maximum Gasteiger partial charge on any atom is 0.340 e. The summed E-state index contributed by atoms with van der Waals surface area (Å²) in [6.07, 6.45) is 0. The van der Waals surface area contributed by atoms with Crippen molar-refractivity contribution < 1.29 is 19.0 Å². The van der Waals surface area contributed by atoms with Crippen molar-refractivity contribution in [3.8, 4) is 5.75 Å². The van der Waals surface area contributed by atoms with Gasteiger partial charge in [-0.1, -0.05) is 18.2 Å². The van der Waals surface area contributed by atoms with Crippen molar-refractivity contribution in [2.24, 2.45) is 0 Å². The van der Waals surface area contributed by atoms with E-state index in [1.807, 2.05) is 42.5 Å². The second kappa shape index (κ2) is 8.58. The lowest BCUT2D eigenvalue weighted by Crippen LogP contribution is -2.37. The summed E-state index contributed by atoms with van der Waals surface area (Å²) in [6, 6.07) is 13.6. The first-order chi connectivity index (χ1) is 12.7. The molecule has 0 aliphatic carbocycles. The van der Waals surface area contributed by atoms with Crippen molar-refractivity contribution >= 4 is 17.3 Å². The van der Waals surface area contributed by atoms with Crippen LogP contribution in [0.15, 0.2) is 42.5 Å². The van der Waals surface area contributed by atoms with Gasteiger partial charge in [-0.05, 0) is 24.3 Å². The molecule has 1 saturated heterocycles. The van der Waals surface area contributed by atoms with E-state index in [2.05, 4.69) is 10.2 Å². The topological polar surface area (TPSA) is 60.0 Å². The lowest BCUT2D eigenvalue weighted by Gasteiger charge is -2.30. The SMILES string of the molecule is COC(=O)c1cc(NCc2ccccc2OC)ccc1N1CCOCC1. The summed E-state index contributed by atoms with van der Waals surface area (Å²) >= 11 is 0. The molecule has 0 unspecified atom stereocenters. The van der Waals surface area contributed by atoms with Crippen molar-refractivity contribution in [3.05, 3.63) is 53.6 Å². The number of benzene rings is 2. The number of hydrogen-bond acceptors (Lipinski definition) is 6. The van der Waals surface area contributed by atoms with Crippen LogP contribution in [-0.4, -0.2) is 46.5 Å². The molecule has 0 bridgehead atoms. The van der Waals surface area contributed by atoms with Crippen LogP contribution >= 0.6 is 0 Å². The van der Waals surface area contributed by atoms with Crippen molar-refractivity contribution in [1.82, 2.24) is 0 Å². The minimum Gasteiger partial charge on any atom is -0.496 e. The van der Waals surface area contributed by atoms with E-state index in [4.69, 9.17) is 14.2 Å². The highest BCUT2D eigenvalue weighted by molar-refractivity contribution is 5.97. The highest BCUT2D eigenvalue weighted by Gasteiger charge is 2.20. The van der Waals surface area contributed by atoms with Gasteiger partial charge in [-0.25, -0.2) is 4.79 Å². The van der Waals surface area contributed by atoms with Crippen LogP contribution in [0.2, 0.25) is 0 Å². The minimum absolute atomic E-state index is 0.340. The second-order valence-electron chi connectivity index (χ2n) is 5.99. The molecule has 1 heterocycles. The molecule has 2 aromatic carbocycles. The fraction of sp³-hybridized carbons (Fsp3) is 0.350. The lowest BCUT2D eigenvalue weighted by atomic mass is 10.1. The van der Waals surface area contributed by atoms with Gasteiger partial charge in [0.05, 0.1) is 38.7 Å². The number of ether oxygens (including phenoxy) is 3. The van der Waals surface area contributed by atoms with Crippen LogP contribution in [0.25, 0.3) is 0 Å². The van der Waals surface area contributed by atoms with Gasteiger partial charge in [0, 0.05) is 30.9 Å². The van der Waals surface area contributed by atoms with Crippen LogP contribution in [0.1, 0.15) is 15.9 Å². The average Bonchev–Trinajstić information content (AvgIpc) is 2.72. The molecule has 0 radical (unpaired) electrons. The molecule has 26 heavy (non-hydrogen) atoms. The minimum atomic E-state index is -0.340. The number of esters is 1. The van der Waals surface area contributed by atoms with Crippen LogP contribution in [-0.2, 0) is 16.0 Å². The van der Waals surface area contributed by atoms with Gasteiger partial charge in [-0.15, -0.1) is 0 Å². The highest BCUT2D eigenvalue weighted by atomic mass is 16.5. The Balaban J connectivity index is 1.80. The zero-order chi connectivity index (χ0) is 18.4. The number of carbonyl (C=O) groups is 1. The van der Waals surface area contributed by atoms with Gasteiger partial charge in [-0.3, -0.25) is 0 Å². The molecule has 6 nitrogen and oxygen atoms in total. The summed E-state index contributed by atoms with van der Waals surface area (Å²) < 4.78 is 15.8. The van der Waals surface area contributed by atoms with Gasteiger partial charge in [-0.2, -0.15) is 0 Å². The number of morpholine rings is 1. The fourth-order valence-corrected chi connectivity index (χ4v) is 3.05. The molecule has 6 heteroatoms. The van der Waals surface area contributed by atoms with Gasteiger partial charge in [0.15, 0.2) is 0 Å². The molecule has 1 aliphatic rings. The van der Waals surface area contributed by atoms with Crippen molar-refractivity contribution in [2.45, 2.75) is 6.54 Å². The highest BCUT2D eigenvalue weighted by Crippen LogP contribution is 2.27. The monoisotopic (exact) mass is 356 g/mol. The first-order valence-corrected chi connectivity index (χ1v) is 8.63. The second-order valence-corrected chi connectivity index (χ2v) is 5.99. The van der Waals surface area contributed by atoms with Crippen LogP contribution in [0.5, 0.6) is 5.75 Å². The van der Waals surface area contributed by atoms with E-state index in [0.717, 1.165) is 35.8 Å². The zero-order valence-corrected chi connectivity index (χ0v) is 15.2. The number of carbonyl (C=O) groups excluding carboxylic acids is 1. The van der Waals surface area contributed by atoms with E-state index in [1.54, 1.807) is 7.11 Å². The van der Waals surface area contributed by atoms with E-state index < -0.39 is 0 Å². The normalized spacial score (nSPS) is 14.0. The summed E-state index contributed by atoms with van der Waals surface area (Å²) in [4.78, 5) is 14.4. The Labute approximate surface area is 153 Å². The first kappa shape index (κ1) is 18.1. The molecule has 2 aromatic rings. The van der Waals surface area contributed by atoms with Gasteiger partial charge in [0.25, 0.3) is 0 Å². The third kappa shape index (κ3) is 4.08. The summed E-state index contributed by atoms with van der Waals surface area (Å²) in [6.45, 7) is 3.44. The van der Waals surface area contributed by atoms with Crippen LogP contribution in [0.4, 0.5) is 11.4 Å². The number of rotatable bonds is 6. The third-order valence-electron chi connectivity index (χ3n) is 4.43. The molecule has 138 valence electrons. The Kier molecular flexibility index (Phi) is 5.96. The summed E-state index contributed by atoms with van der Waals surface area (Å²) in [7, 11) is 3.06. The molecule has 3 rings (SSSR count). The Morgan fingerprint density at radius 2 is 1.92 bits per heavy atom. The van der Waals surface area contributed by atoms with Crippen LogP contribution in [0, 0.1) is 0 Å². The van der Waals surface area contributed by atoms with E-state index in [-0.39, 0.29) is 5.97 Å². The van der Waals surface area contributed by atoms with Gasteiger partial charge in [0.2, 0.25) is 0 Å². The molecule has 1 fully saturated rings. The van der Waals surface area contributed by atoms with Crippen molar-refractivity contribution in [1.29, 1.82) is 0 Å². The van der Waals surface area contributed by atoms with Gasteiger partial charge >= 0.3 is 5.97 Å². The van der Waals surface area contributed by atoms with E-state index >= 15 is 0 Å². The Hall–Kier alpha value is -2.73. The maximum absolute atomic E-state index is 12.3. The predicted octanol–water partition coefficient (Wildman–Crippen LogP) is 2.93. The Bertz CT molecular complexity index is 757. The molecule has 1 aliphatic heterocycles. The van der Waals surface area contributed by atoms with Crippen molar-refractivity contribution in [2.75, 3.05) is 50.7 Å². The molecule has 0 amide bonds. The molecule has 0 atom stereocenters. The van der Waals surface area contributed by atoms with E-state index in [0.29, 0.717) is 25.3 Å². The zero-order valence-electron chi connectivity index (χ0n) is 15.2. The Morgan fingerprint density at radius 3 is 2.65 bits per heavy atom. The Morgan fingerprint density at radius 1 is 1.15 bits per heavy atom. The number of anilines is 2. The third-order valence-corrected chi connectivity index (χ3v) is 4.43. The number of nitrogens with one attached hydrogen (secondary N) is 1. The lowest BCUT2D eigenvalue weighted by molar-refractivity contribution is 0.0600. The van der Waals surface area contributed by atoms with Crippen LogP contribution in [0.3, 0.4) is 0 Å². The largest absolute Gasteiger partial charge is 0.496 e. The molecule has 0 aromatic heterocycles. The molecule has 0 spiro atoms. The number of para-hydroxylation sites is 1. The van der Waals surface area contributed by atoms with Gasteiger partial charge in [0.1, 0.15) is 5.75 Å². The smallest absolute Gasteiger partial charge is 0.340 e. The number of nitrogens with zero attached hydrogens (tertiary/aromatic N) is 1. The molecule has 0 saturated carbocycles. The summed E-state index contributed by atoms with van der Waals surface area (Å²) in [5, 5.41) is 3.35. The molecule has 1 N–H and O–H groups in total. The van der Waals surface area contributed by atoms with E-state index in [1.165, 1.54) is 7.11 Å². The van der Waals surface area contributed by atoms with Crippen molar-refractivity contribution in [3.63, 3.8) is 0 Å². The maximum atomic E-state index is 12.3. The quantitative estimate of drug-likeness (QED) is 0.803. The van der Waals surface area contributed by atoms with E-state index in [9.17, 15) is 4.79 Å². The summed E-state index contributed by atoms with van der Waals surface area (Å²) in [5.41, 5.74) is 3.34. The number of hydrogen-bond donors (Lipinski definition) is 1.